The highest BCUT2D eigenvalue weighted by molar-refractivity contribution is 6.15. The summed E-state index contributed by atoms with van der Waals surface area (Å²) in [5.74, 6) is -1.90. The van der Waals surface area contributed by atoms with Crippen LogP contribution >= 0.6 is 0 Å². The van der Waals surface area contributed by atoms with Crippen LogP contribution in [0.4, 0.5) is 11.4 Å². The third-order valence-electron chi connectivity index (χ3n) is 8.04. The van der Waals surface area contributed by atoms with Crippen LogP contribution in [0.1, 0.15) is 38.7 Å². The van der Waals surface area contributed by atoms with Gasteiger partial charge in [0.1, 0.15) is 5.75 Å². The van der Waals surface area contributed by atoms with E-state index in [0.717, 1.165) is 4.90 Å². The first-order valence-corrected chi connectivity index (χ1v) is 12.2. The Kier molecular flexibility index (Phi) is 5.97. The molecule has 3 aromatic carbocycles. The van der Waals surface area contributed by atoms with Gasteiger partial charge in [-0.05, 0) is 49.9 Å². The summed E-state index contributed by atoms with van der Waals surface area (Å²) in [6.45, 7) is 3.86. The van der Waals surface area contributed by atoms with Crippen molar-refractivity contribution in [2.45, 2.75) is 44.3 Å². The van der Waals surface area contributed by atoms with Gasteiger partial charge in [0.15, 0.2) is 0 Å². The first-order chi connectivity index (χ1) is 17.7. The number of aromatic hydroxyl groups is 1. The molecular weight excluding hydrogens is 470 g/mol. The standard InChI is InChI=1S/C29H27N3O5/c1-18-26(27(36)32(17-33)23-12-11-19(16-30)20-7-3-4-8-21(20)23)29(14-13-28(18,2)37-29)15-25(35)31-22-9-5-6-10-24(22)34/h3-12,17-18,26,34H,13-15H2,1-2H3,(H,31,35)/t18-,26-,28?,29?/m0/s1. The molecular formula is C29H27N3O5. The van der Waals surface area contributed by atoms with Crippen LogP contribution in [0.15, 0.2) is 60.7 Å². The Morgan fingerprint density at radius 1 is 1.14 bits per heavy atom. The number of rotatable bonds is 6. The Hall–Kier alpha value is -4.22. The zero-order valence-corrected chi connectivity index (χ0v) is 20.6. The van der Waals surface area contributed by atoms with Crippen molar-refractivity contribution in [2.24, 2.45) is 11.8 Å². The van der Waals surface area contributed by atoms with Crippen molar-refractivity contribution in [3.8, 4) is 11.8 Å². The van der Waals surface area contributed by atoms with Crippen LogP contribution in [0.2, 0.25) is 0 Å². The van der Waals surface area contributed by atoms with E-state index >= 15 is 0 Å². The smallest absolute Gasteiger partial charge is 0.239 e. The topological polar surface area (TPSA) is 120 Å². The van der Waals surface area contributed by atoms with E-state index in [4.69, 9.17) is 4.74 Å². The van der Waals surface area contributed by atoms with E-state index < -0.39 is 23.0 Å². The number of nitrogens with zero attached hydrogens (tertiary/aromatic N) is 2. The first kappa shape index (κ1) is 24.5. The molecule has 2 fully saturated rings. The van der Waals surface area contributed by atoms with Crippen LogP contribution < -0.4 is 10.2 Å². The predicted molar refractivity (Wildman–Crippen MR) is 138 cm³/mol. The highest BCUT2D eigenvalue weighted by Gasteiger charge is 2.66. The third-order valence-corrected chi connectivity index (χ3v) is 8.04. The third kappa shape index (κ3) is 3.92. The van der Waals surface area contributed by atoms with E-state index in [0.29, 0.717) is 41.3 Å². The van der Waals surface area contributed by atoms with Crippen molar-refractivity contribution < 1.29 is 24.2 Å². The molecule has 2 bridgehead atoms. The summed E-state index contributed by atoms with van der Waals surface area (Å²) >= 11 is 0. The van der Waals surface area contributed by atoms with Crippen molar-refractivity contribution in [3.63, 3.8) is 0 Å². The van der Waals surface area contributed by atoms with Gasteiger partial charge in [-0.3, -0.25) is 19.3 Å². The van der Waals surface area contributed by atoms with Crippen molar-refractivity contribution >= 4 is 40.4 Å². The summed E-state index contributed by atoms with van der Waals surface area (Å²) in [5.41, 5.74) is -0.611. The van der Waals surface area contributed by atoms with Crippen molar-refractivity contribution in [3.05, 3.63) is 66.2 Å². The van der Waals surface area contributed by atoms with Crippen LogP contribution in [0, 0.1) is 23.2 Å². The highest BCUT2D eigenvalue weighted by Crippen LogP contribution is 2.59. The van der Waals surface area contributed by atoms with Crippen LogP contribution in [-0.4, -0.2) is 34.5 Å². The molecule has 0 saturated carbocycles. The minimum Gasteiger partial charge on any atom is -0.506 e. The molecule has 2 heterocycles. The molecule has 3 amide bonds. The van der Waals surface area contributed by atoms with Gasteiger partial charge in [0.25, 0.3) is 0 Å². The van der Waals surface area contributed by atoms with Crippen molar-refractivity contribution in [1.29, 1.82) is 5.26 Å². The second-order valence-corrected chi connectivity index (χ2v) is 10.1. The number of amides is 3. The number of nitrogens with one attached hydrogen (secondary N) is 1. The van der Waals surface area contributed by atoms with Gasteiger partial charge in [0, 0.05) is 10.8 Å². The molecule has 8 heteroatoms. The van der Waals surface area contributed by atoms with E-state index in [9.17, 15) is 24.8 Å². The lowest BCUT2D eigenvalue weighted by Gasteiger charge is -2.37. The summed E-state index contributed by atoms with van der Waals surface area (Å²) in [6.07, 6.45) is 1.56. The quantitative estimate of drug-likeness (QED) is 0.382. The Morgan fingerprint density at radius 2 is 1.84 bits per heavy atom. The number of benzene rings is 3. The second-order valence-electron chi connectivity index (χ2n) is 10.1. The number of imide groups is 1. The Bertz CT molecular complexity index is 1460. The molecule has 5 rings (SSSR count). The number of phenols is 1. The van der Waals surface area contributed by atoms with Crippen LogP contribution in [0.5, 0.6) is 5.75 Å². The summed E-state index contributed by atoms with van der Waals surface area (Å²) in [4.78, 5) is 40.7. The normalized spacial score (nSPS) is 26.0. The van der Waals surface area contributed by atoms with Gasteiger partial charge in [-0.25, -0.2) is 0 Å². The Balaban J connectivity index is 1.50. The fraction of sp³-hybridized carbons (Fsp3) is 0.310. The fourth-order valence-corrected chi connectivity index (χ4v) is 6.06. The molecule has 0 spiro atoms. The van der Waals surface area contributed by atoms with E-state index in [2.05, 4.69) is 11.4 Å². The maximum absolute atomic E-state index is 14.1. The second kappa shape index (κ2) is 9.02. The highest BCUT2D eigenvalue weighted by atomic mass is 16.5. The molecule has 2 saturated heterocycles. The number of phenolic OH excluding ortho intramolecular Hbond substituents is 1. The SMILES string of the molecule is C[C@H]1[C@@H](C(=O)N(C=O)c2ccc(C#N)c3ccccc23)C2(CC(=O)Nc3ccccc3O)CCC1(C)O2. The molecule has 3 aromatic rings. The van der Waals surface area contributed by atoms with E-state index in [1.807, 2.05) is 13.8 Å². The van der Waals surface area contributed by atoms with Crippen molar-refractivity contribution in [1.82, 2.24) is 0 Å². The number of carbonyl (C=O) groups excluding carboxylic acids is 3. The molecule has 8 nitrogen and oxygen atoms in total. The monoisotopic (exact) mass is 497 g/mol. The zero-order valence-electron chi connectivity index (χ0n) is 20.6. The van der Waals surface area contributed by atoms with Gasteiger partial charge in [-0.2, -0.15) is 5.26 Å². The summed E-state index contributed by atoms with van der Waals surface area (Å²) < 4.78 is 6.46. The molecule has 4 atom stereocenters. The van der Waals surface area contributed by atoms with Gasteiger partial charge < -0.3 is 15.2 Å². The molecule has 2 aliphatic rings. The number of carbonyl (C=O) groups is 3. The van der Waals surface area contributed by atoms with Gasteiger partial charge in [-0.1, -0.05) is 43.3 Å². The molecule has 37 heavy (non-hydrogen) atoms. The Morgan fingerprint density at radius 3 is 2.54 bits per heavy atom. The van der Waals surface area contributed by atoms with Gasteiger partial charge in [-0.15, -0.1) is 0 Å². The average molecular weight is 498 g/mol. The molecule has 0 aromatic heterocycles. The summed E-state index contributed by atoms with van der Waals surface area (Å²) in [6, 6.07) is 18.9. The van der Waals surface area contributed by atoms with Crippen LogP contribution in [0.3, 0.4) is 0 Å². The maximum Gasteiger partial charge on any atom is 0.239 e. The minimum absolute atomic E-state index is 0.0576. The predicted octanol–water partition coefficient (Wildman–Crippen LogP) is 4.51. The minimum atomic E-state index is -1.09. The van der Waals surface area contributed by atoms with Crippen LogP contribution in [0.25, 0.3) is 10.8 Å². The molecule has 0 radical (unpaired) electrons. The lowest BCUT2D eigenvalue weighted by molar-refractivity contribution is -0.133. The zero-order chi connectivity index (χ0) is 26.4. The number of hydrogen-bond donors (Lipinski definition) is 2. The van der Waals surface area contributed by atoms with Crippen molar-refractivity contribution in [2.75, 3.05) is 10.2 Å². The van der Waals surface area contributed by atoms with Gasteiger partial charge in [0.05, 0.1) is 46.5 Å². The fourth-order valence-electron chi connectivity index (χ4n) is 6.06. The first-order valence-electron chi connectivity index (χ1n) is 12.2. The van der Waals surface area contributed by atoms with E-state index in [1.54, 1.807) is 54.6 Å². The lowest BCUT2D eigenvalue weighted by Crippen LogP contribution is -2.50. The molecule has 2 N–H and O–H groups in total. The van der Waals surface area contributed by atoms with Crippen LogP contribution in [-0.2, 0) is 19.1 Å². The Labute approximate surface area is 214 Å². The van der Waals surface area contributed by atoms with E-state index in [1.165, 1.54) is 6.07 Å². The molecule has 188 valence electrons. The number of nitriles is 1. The number of fused-ring (bicyclic) bond motifs is 3. The largest absolute Gasteiger partial charge is 0.506 e. The summed E-state index contributed by atoms with van der Waals surface area (Å²) in [7, 11) is 0. The van der Waals surface area contributed by atoms with Gasteiger partial charge >= 0.3 is 0 Å². The summed E-state index contributed by atoms with van der Waals surface area (Å²) in [5, 5.41) is 23.5. The number of para-hydroxylation sites is 2. The van der Waals surface area contributed by atoms with E-state index in [-0.39, 0.29) is 29.7 Å². The molecule has 2 aliphatic heterocycles. The number of ether oxygens (including phenoxy) is 1. The number of anilines is 2. The average Bonchev–Trinajstić information content (AvgIpc) is 3.33. The lowest BCUT2D eigenvalue weighted by atomic mass is 9.66. The van der Waals surface area contributed by atoms with Gasteiger partial charge in [0.2, 0.25) is 18.2 Å². The molecule has 2 unspecified atom stereocenters. The molecule has 0 aliphatic carbocycles. The number of hydrogen-bond acceptors (Lipinski definition) is 6. The maximum atomic E-state index is 14.1.